The number of amides is 1. The molecule has 0 aliphatic heterocycles. The highest BCUT2D eigenvalue weighted by Gasteiger charge is 2.20. The zero-order valence-corrected chi connectivity index (χ0v) is 13.8. The van der Waals surface area contributed by atoms with E-state index in [1.165, 1.54) is 6.20 Å². The minimum absolute atomic E-state index is 0.0148. The molecule has 6 heteroatoms. The number of carbonyl (C=O) groups is 1. The summed E-state index contributed by atoms with van der Waals surface area (Å²) in [6.07, 6.45) is 3.07. The van der Waals surface area contributed by atoms with Crippen LogP contribution in [0.3, 0.4) is 0 Å². The zero-order chi connectivity index (χ0) is 15.6. The van der Waals surface area contributed by atoms with E-state index in [0.717, 1.165) is 16.4 Å². The van der Waals surface area contributed by atoms with Crippen LogP contribution in [0.4, 0.5) is 0 Å². The van der Waals surface area contributed by atoms with Crippen LogP contribution >= 0.6 is 11.3 Å². The lowest BCUT2D eigenvalue weighted by molar-refractivity contribution is 0.0934. The smallest absolute Gasteiger partial charge is 0.272 e. The number of aromatic nitrogens is 3. The molecule has 2 aromatic heterocycles. The summed E-state index contributed by atoms with van der Waals surface area (Å²) in [5, 5.41) is 5.85. The minimum atomic E-state index is -0.234. The van der Waals surface area contributed by atoms with E-state index in [1.54, 1.807) is 17.5 Å². The Hall–Kier alpha value is -1.82. The Morgan fingerprint density at radius 2 is 2.00 bits per heavy atom. The van der Waals surface area contributed by atoms with Gasteiger partial charge in [0.25, 0.3) is 5.91 Å². The minimum Gasteiger partial charge on any atom is -0.342 e. The number of aryl methyl sites for hydroxylation is 1. The molecular weight excluding hydrogens is 284 g/mol. The third kappa shape index (κ3) is 3.85. The second-order valence-electron chi connectivity index (χ2n) is 6.06. The molecule has 5 nitrogen and oxygen atoms in total. The van der Waals surface area contributed by atoms with Crippen molar-refractivity contribution in [2.75, 3.05) is 0 Å². The summed E-state index contributed by atoms with van der Waals surface area (Å²) in [5.41, 5.74) is 2.16. The summed E-state index contributed by atoms with van der Waals surface area (Å²) in [4.78, 5) is 24.9. The topological polar surface area (TPSA) is 67.8 Å². The second kappa shape index (κ2) is 5.89. The summed E-state index contributed by atoms with van der Waals surface area (Å²) in [6, 6.07) is -0.151. The van der Waals surface area contributed by atoms with Gasteiger partial charge in [0.2, 0.25) is 0 Å². The SMILES string of the molecule is Cc1cnc(C(=O)NC(C)c2nc(C(C)(C)C)cs2)cn1. The Morgan fingerprint density at radius 1 is 1.29 bits per heavy atom. The Kier molecular flexibility index (Phi) is 4.37. The first-order valence-electron chi connectivity index (χ1n) is 6.83. The van der Waals surface area contributed by atoms with Crippen LogP contribution in [0, 0.1) is 6.92 Å². The molecule has 2 heterocycles. The van der Waals surface area contributed by atoms with Crippen molar-refractivity contribution in [2.45, 2.75) is 46.1 Å². The molecule has 0 radical (unpaired) electrons. The molecule has 0 spiro atoms. The van der Waals surface area contributed by atoms with Gasteiger partial charge < -0.3 is 5.32 Å². The van der Waals surface area contributed by atoms with Crippen LogP contribution in [0.15, 0.2) is 17.8 Å². The van der Waals surface area contributed by atoms with E-state index in [4.69, 9.17) is 0 Å². The van der Waals surface area contributed by atoms with Gasteiger partial charge in [-0.3, -0.25) is 9.78 Å². The molecule has 1 unspecified atom stereocenters. The fraction of sp³-hybridized carbons (Fsp3) is 0.467. The molecule has 1 amide bonds. The van der Waals surface area contributed by atoms with E-state index in [9.17, 15) is 4.79 Å². The van der Waals surface area contributed by atoms with Gasteiger partial charge in [-0.1, -0.05) is 20.8 Å². The summed E-state index contributed by atoms with van der Waals surface area (Å²) in [6.45, 7) is 10.1. The highest BCUT2D eigenvalue weighted by Crippen LogP contribution is 2.26. The van der Waals surface area contributed by atoms with Gasteiger partial charge in [-0.05, 0) is 13.8 Å². The van der Waals surface area contributed by atoms with Gasteiger partial charge in [0.15, 0.2) is 0 Å². The fourth-order valence-electron chi connectivity index (χ4n) is 1.67. The number of thiazole rings is 1. The molecule has 0 bridgehead atoms. The number of nitrogens with zero attached hydrogens (tertiary/aromatic N) is 3. The third-order valence-electron chi connectivity index (χ3n) is 3.02. The van der Waals surface area contributed by atoms with Crippen molar-refractivity contribution in [1.29, 1.82) is 0 Å². The van der Waals surface area contributed by atoms with E-state index >= 15 is 0 Å². The lowest BCUT2D eigenvalue weighted by atomic mass is 9.93. The van der Waals surface area contributed by atoms with Gasteiger partial charge in [-0.2, -0.15) is 0 Å². The number of hydrogen-bond donors (Lipinski definition) is 1. The number of rotatable bonds is 3. The molecule has 1 atom stereocenters. The molecule has 21 heavy (non-hydrogen) atoms. The van der Waals surface area contributed by atoms with Crippen LogP contribution in [0.2, 0.25) is 0 Å². The van der Waals surface area contributed by atoms with Crippen LogP contribution in [0.1, 0.15) is 60.6 Å². The average Bonchev–Trinajstić information content (AvgIpc) is 2.88. The quantitative estimate of drug-likeness (QED) is 0.946. The first-order valence-corrected chi connectivity index (χ1v) is 7.71. The predicted octanol–water partition coefficient (Wildman–Crippen LogP) is 3.03. The van der Waals surface area contributed by atoms with E-state index in [1.807, 2.05) is 19.2 Å². The number of hydrogen-bond acceptors (Lipinski definition) is 5. The van der Waals surface area contributed by atoms with Gasteiger partial charge in [-0.15, -0.1) is 11.3 Å². The molecular formula is C15H20N4OS. The fourth-order valence-corrected chi connectivity index (χ4v) is 2.73. The maximum Gasteiger partial charge on any atom is 0.272 e. The number of carbonyl (C=O) groups excluding carboxylic acids is 1. The molecule has 0 aliphatic carbocycles. The standard InChI is InChI=1S/C15H20N4OS/c1-9-6-17-11(7-16-9)13(20)18-10(2)14-19-12(8-21-14)15(3,4)5/h6-8,10H,1-5H3,(H,18,20). The summed E-state index contributed by atoms with van der Waals surface area (Å²) in [7, 11) is 0. The van der Waals surface area contributed by atoms with Crippen molar-refractivity contribution in [3.8, 4) is 0 Å². The average molecular weight is 304 g/mol. The molecule has 0 saturated heterocycles. The van der Waals surface area contributed by atoms with Gasteiger partial charge in [0, 0.05) is 17.0 Å². The van der Waals surface area contributed by atoms with E-state index in [2.05, 4.69) is 41.0 Å². The Labute approximate surface area is 128 Å². The summed E-state index contributed by atoms with van der Waals surface area (Å²) in [5.74, 6) is -0.234. The van der Waals surface area contributed by atoms with E-state index in [-0.39, 0.29) is 17.4 Å². The van der Waals surface area contributed by atoms with Crippen molar-refractivity contribution in [3.63, 3.8) is 0 Å². The maximum absolute atomic E-state index is 12.1. The summed E-state index contributed by atoms with van der Waals surface area (Å²) < 4.78 is 0. The van der Waals surface area contributed by atoms with Crippen LogP contribution < -0.4 is 5.32 Å². The van der Waals surface area contributed by atoms with E-state index < -0.39 is 0 Å². The molecule has 0 aromatic carbocycles. The molecule has 2 aromatic rings. The highest BCUT2D eigenvalue weighted by molar-refractivity contribution is 7.09. The molecule has 2 rings (SSSR count). The van der Waals surface area contributed by atoms with Crippen molar-refractivity contribution in [1.82, 2.24) is 20.3 Å². The van der Waals surface area contributed by atoms with E-state index in [0.29, 0.717) is 5.69 Å². The zero-order valence-electron chi connectivity index (χ0n) is 13.0. The van der Waals surface area contributed by atoms with Crippen LogP contribution in [-0.2, 0) is 5.41 Å². The first kappa shape index (κ1) is 15.6. The van der Waals surface area contributed by atoms with Gasteiger partial charge >= 0.3 is 0 Å². The lowest BCUT2D eigenvalue weighted by Gasteiger charge is -2.15. The monoisotopic (exact) mass is 304 g/mol. The largest absolute Gasteiger partial charge is 0.342 e. The molecule has 0 fully saturated rings. The molecule has 0 saturated carbocycles. The van der Waals surface area contributed by atoms with Crippen LogP contribution in [0.25, 0.3) is 0 Å². The Morgan fingerprint density at radius 3 is 2.52 bits per heavy atom. The molecule has 0 aliphatic rings. The maximum atomic E-state index is 12.1. The highest BCUT2D eigenvalue weighted by atomic mass is 32.1. The van der Waals surface area contributed by atoms with Crippen molar-refractivity contribution in [2.24, 2.45) is 0 Å². The predicted molar refractivity (Wildman–Crippen MR) is 83.5 cm³/mol. The van der Waals surface area contributed by atoms with Crippen molar-refractivity contribution < 1.29 is 4.79 Å². The van der Waals surface area contributed by atoms with Gasteiger partial charge in [-0.25, -0.2) is 9.97 Å². The lowest BCUT2D eigenvalue weighted by Crippen LogP contribution is -2.27. The van der Waals surface area contributed by atoms with Crippen LogP contribution in [-0.4, -0.2) is 20.9 Å². The van der Waals surface area contributed by atoms with Gasteiger partial charge in [0.1, 0.15) is 10.7 Å². The summed E-state index contributed by atoms with van der Waals surface area (Å²) >= 11 is 1.56. The van der Waals surface area contributed by atoms with Crippen LogP contribution in [0.5, 0.6) is 0 Å². The second-order valence-corrected chi connectivity index (χ2v) is 6.95. The van der Waals surface area contributed by atoms with Gasteiger partial charge in [0.05, 0.1) is 23.6 Å². The Balaban J connectivity index is 2.07. The number of nitrogens with one attached hydrogen (secondary N) is 1. The third-order valence-corrected chi connectivity index (χ3v) is 4.05. The first-order chi connectivity index (χ1) is 9.77. The molecule has 112 valence electrons. The van der Waals surface area contributed by atoms with Crippen molar-refractivity contribution in [3.05, 3.63) is 39.9 Å². The van der Waals surface area contributed by atoms with Crippen molar-refractivity contribution >= 4 is 17.2 Å². The Bertz CT molecular complexity index is 628. The normalized spacial score (nSPS) is 13.0. The molecule has 1 N–H and O–H groups in total.